The molecule has 1 saturated carbocycles. The Morgan fingerprint density at radius 1 is 1.07 bits per heavy atom. The van der Waals surface area contributed by atoms with E-state index in [-0.39, 0.29) is 5.41 Å². The van der Waals surface area contributed by atoms with Crippen molar-refractivity contribution in [1.29, 1.82) is 0 Å². The third-order valence-corrected chi connectivity index (χ3v) is 6.84. The zero-order valence-electron chi connectivity index (χ0n) is 19.0. The highest BCUT2D eigenvalue weighted by Crippen LogP contribution is 2.43. The van der Waals surface area contributed by atoms with Crippen molar-refractivity contribution in [2.45, 2.75) is 51.5 Å². The van der Waals surface area contributed by atoms with E-state index in [0.29, 0.717) is 12.0 Å². The predicted octanol–water partition coefficient (Wildman–Crippen LogP) is 2.94. The van der Waals surface area contributed by atoms with Crippen LogP contribution in [0.2, 0.25) is 0 Å². The van der Waals surface area contributed by atoms with Crippen LogP contribution in [0.5, 0.6) is 0 Å². The van der Waals surface area contributed by atoms with E-state index in [1.165, 1.54) is 24.8 Å². The molecule has 2 aliphatic rings. The highest BCUT2D eigenvalue weighted by Gasteiger charge is 2.38. The average molecular weight is 400 g/mol. The molecule has 0 spiro atoms. The van der Waals surface area contributed by atoms with Gasteiger partial charge in [0.25, 0.3) is 0 Å². The second-order valence-electron chi connectivity index (χ2n) is 9.23. The summed E-state index contributed by atoms with van der Waals surface area (Å²) < 4.78 is 0. The Morgan fingerprint density at radius 2 is 1.76 bits per heavy atom. The summed E-state index contributed by atoms with van der Waals surface area (Å²) in [6.07, 6.45) is 3.80. The molecular weight excluding hydrogens is 358 g/mol. The fourth-order valence-corrected chi connectivity index (χ4v) is 4.65. The van der Waals surface area contributed by atoms with Crippen LogP contribution in [0.3, 0.4) is 0 Å². The molecule has 1 atom stereocenters. The predicted molar refractivity (Wildman–Crippen MR) is 124 cm³/mol. The Bertz CT molecular complexity index is 630. The highest BCUT2D eigenvalue weighted by molar-refractivity contribution is 5.79. The molecule has 3 rings (SSSR count). The maximum absolute atomic E-state index is 5.04. The van der Waals surface area contributed by atoms with E-state index in [9.17, 15) is 0 Å². The first-order valence-electron chi connectivity index (χ1n) is 11.5. The number of likely N-dealkylation sites (N-methyl/N-ethyl adjacent to an activating group) is 1. The minimum absolute atomic E-state index is 0.235. The molecule has 1 aromatic carbocycles. The van der Waals surface area contributed by atoms with Gasteiger partial charge >= 0.3 is 0 Å². The van der Waals surface area contributed by atoms with E-state index in [2.05, 4.69) is 78.6 Å². The van der Waals surface area contributed by atoms with Gasteiger partial charge in [-0.2, -0.15) is 0 Å². The third kappa shape index (κ3) is 5.73. The molecule has 0 amide bonds. The van der Waals surface area contributed by atoms with Crippen molar-refractivity contribution in [1.82, 2.24) is 20.4 Å². The molecule has 1 saturated heterocycles. The molecule has 1 aliphatic heterocycles. The Balaban J connectivity index is 1.62. The van der Waals surface area contributed by atoms with Crippen LogP contribution in [0.4, 0.5) is 0 Å². The van der Waals surface area contributed by atoms with Gasteiger partial charge in [-0.1, -0.05) is 50.6 Å². The monoisotopic (exact) mass is 399 g/mol. The first kappa shape index (κ1) is 22.1. The van der Waals surface area contributed by atoms with E-state index >= 15 is 0 Å². The standard InChI is InChI=1S/C24H41N5/c1-5-25-23(26-18-22(20(2)3)29-16-14-28(4)15-17-29)27-19-24(12-9-13-24)21-10-7-6-8-11-21/h6-8,10-11,20,22H,5,9,12-19H2,1-4H3,(H2,25,26,27). The lowest BCUT2D eigenvalue weighted by molar-refractivity contribution is 0.0900. The third-order valence-electron chi connectivity index (χ3n) is 6.84. The van der Waals surface area contributed by atoms with Crippen LogP contribution in [0.1, 0.15) is 45.6 Å². The summed E-state index contributed by atoms with van der Waals surface area (Å²) in [5, 5.41) is 7.14. The molecule has 1 aromatic rings. The van der Waals surface area contributed by atoms with Gasteiger partial charge in [-0.15, -0.1) is 0 Å². The lowest BCUT2D eigenvalue weighted by Crippen LogP contribution is -2.55. The van der Waals surface area contributed by atoms with Crippen molar-refractivity contribution in [3.8, 4) is 0 Å². The zero-order valence-corrected chi connectivity index (χ0v) is 19.0. The minimum Gasteiger partial charge on any atom is -0.357 e. The van der Waals surface area contributed by atoms with Crippen molar-refractivity contribution in [3.63, 3.8) is 0 Å². The molecule has 162 valence electrons. The summed E-state index contributed by atoms with van der Waals surface area (Å²) in [6, 6.07) is 11.5. The average Bonchev–Trinajstić information content (AvgIpc) is 2.69. The Labute approximate surface area is 178 Å². The number of nitrogens with zero attached hydrogens (tertiary/aromatic N) is 3. The van der Waals surface area contributed by atoms with Crippen molar-refractivity contribution in [3.05, 3.63) is 35.9 Å². The van der Waals surface area contributed by atoms with Crippen LogP contribution in [0.25, 0.3) is 0 Å². The summed E-state index contributed by atoms with van der Waals surface area (Å²) in [4.78, 5) is 10.1. The Morgan fingerprint density at radius 3 is 2.31 bits per heavy atom. The highest BCUT2D eigenvalue weighted by atomic mass is 15.3. The van der Waals surface area contributed by atoms with Crippen LogP contribution in [0, 0.1) is 5.92 Å². The molecule has 0 bridgehead atoms. The van der Waals surface area contributed by atoms with Gasteiger partial charge in [0.1, 0.15) is 0 Å². The molecule has 29 heavy (non-hydrogen) atoms. The summed E-state index contributed by atoms with van der Waals surface area (Å²) in [6.45, 7) is 14.2. The number of benzene rings is 1. The van der Waals surface area contributed by atoms with Crippen molar-refractivity contribution >= 4 is 5.96 Å². The van der Waals surface area contributed by atoms with E-state index < -0.39 is 0 Å². The van der Waals surface area contributed by atoms with Crippen molar-refractivity contribution in [2.24, 2.45) is 10.9 Å². The molecule has 0 radical (unpaired) electrons. The smallest absolute Gasteiger partial charge is 0.191 e. The molecular formula is C24H41N5. The van der Waals surface area contributed by atoms with Crippen LogP contribution in [0.15, 0.2) is 35.3 Å². The first-order valence-corrected chi connectivity index (χ1v) is 11.5. The molecule has 0 aromatic heterocycles. The normalized spacial score (nSPS) is 21.6. The number of piperazine rings is 1. The van der Waals surface area contributed by atoms with E-state index in [4.69, 9.17) is 4.99 Å². The summed E-state index contributed by atoms with van der Waals surface area (Å²) in [5.41, 5.74) is 1.68. The maximum atomic E-state index is 5.04. The van der Waals surface area contributed by atoms with E-state index in [0.717, 1.165) is 51.8 Å². The van der Waals surface area contributed by atoms with E-state index in [1.54, 1.807) is 0 Å². The number of guanidine groups is 1. The largest absolute Gasteiger partial charge is 0.357 e. The number of nitrogens with one attached hydrogen (secondary N) is 2. The van der Waals surface area contributed by atoms with Crippen LogP contribution >= 0.6 is 0 Å². The summed E-state index contributed by atoms with van der Waals surface area (Å²) >= 11 is 0. The SMILES string of the molecule is CCNC(=NCC1(c2ccccc2)CCC1)NCC(C(C)C)N1CCN(C)CC1. The topological polar surface area (TPSA) is 42.9 Å². The zero-order chi connectivity index (χ0) is 20.7. The van der Waals surface area contributed by atoms with Crippen molar-refractivity contribution < 1.29 is 0 Å². The number of aliphatic imine (C=N–C) groups is 1. The van der Waals surface area contributed by atoms with Crippen molar-refractivity contribution in [2.75, 3.05) is 52.9 Å². The lowest BCUT2D eigenvalue weighted by Gasteiger charge is -2.41. The fraction of sp³-hybridized carbons (Fsp3) is 0.708. The van der Waals surface area contributed by atoms with Gasteiger partial charge < -0.3 is 15.5 Å². The Kier molecular flexibility index (Phi) is 7.96. The van der Waals surface area contributed by atoms with Gasteiger partial charge in [-0.3, -0.25) is 9.89 Å². The lowest BCUT2D eigenvalue weighted by atomic mass is 9.64. The molecule has 5 nitrogen and oxygen atoms in total. The molecule has 1 aliphatic carbocycles. The molecule has 1 unspecified atom stereocenters. The fourth-order valence-electron chi connectivity index (χ4n) is 4.65. The second kappa shape index (κ2) is 10.4. The van der Waals surface area contributed by atoms with Gasteiger partial charge in [-0.25, -0.2) is 0 Å². The van der Waals surface area contributed by atoms with Gasteiger partial charge in [0.2, 0.25) is 0 Å². The first-order chi connectivity index (χ1) is 14.0. The summed E-state index contributed by atoms with van der Waals surface area (Å²) in [7, 11) is 2.22. The molecule has 5 heteroatoms. The molecule has 1 heterocycles. The van der Waals surface area contributed by atoms with Crippen LogP contribution < -0.4 is 10.6 Å². The number of hydrogen-bond donors (Lipinski definition) is 2. The van der Waals surface area contributed by atoms with Gasteiger partial charge in [0.15, 0.2) is 5.96 Å². The Hall–Kier alpha value is -1.59. The maximum Gasteiger partial charge on any atom is 0.191 e. The van der Waals surface area contributed by atoms with Gasteiger partial charge in [-0.05, 0) is 38.3 Å². The van der Waals surface area contributed by atoms with Crippen LogP contribution in [-0.4, -0.2) is 74.7 Å². The van der Waals surface area contributed by atoms with Gasteiger partial charge in [0, 0.05) is 50.7 Å². The quantitative estimate of drug-likeness (QED) is 0.521. The second-order valence-corrected chi connectivity index (χ2v) is 9.23. The number of rotatable bonds is 8. The minimum atomic E-state index is 0.235. The molecule has 2 N–H and O–H groups in total. The summed E-state index contributed by atoms with van der Waals surface area (Å²) in [5.74, 6) is 1.59. The van der Waals surface area contributed by atoms with Gasteiger partial charge in [0.05, 0.1) is 6.54 Å². The van der Waals surface area contributed by atoms with Crippen LogP contribution in [-0.2, 0) is 5.41 Å². The molecule has 2 fully saturated rings. The number of hydrogen-bond acceptors (Lipinski definition) is 3. The van der Waals surface area contributed by atoms with E-state index in [1.807, 2.05) is 0 Å².